The van der Waals surface area contributed by atoms with Crippen molar-refractivity contribution in [2.45, 2.75) is 39.2 Å². The highest BCUT2D eigenvalue weighted by Crippen LogP contribution is 2.22. The third kappa shape index (κ3) is 3.50. The minimum Gasteiger partial charge on any atom is -0.465 e. The zero-order chi connectivity index (χ0) is 14.8. The van der Waals surface area contributed by atoms with Gasteiger partial charge in [-0.25, -0.2) is 9.69 Å². The topological polar surface area (TPSA) is 59.8 Å². The molecule has 0 aliphatic carbocycles. The first-order chi connectivity index (χ1) is 9.37. The molecule has 0 spiro atoms. The molecular formula is C15H19NO4. The van der Waals surface area contributed by atoms with Gasteiger partial charge in [-0.05, 0) is 51.8 Å². The van der Waals surface area contributed by atoms with Gasteiger partial charge in [0, 0.05) is 12.1 Å². The van der Waals surface area contributed by atoms with Gasteiger partial charge in [0.05, 0.1) is 6.26 Å². The van der Waals surface area contributed by atoms with Gasteiger partial charge < -0.3 is 9.15 Å². The number of carbonyl (C=O) groups excluding carboxylic acids is 2. The second kappa shape index (κ2) is 5.53. The number of likely N-dealkylation sites (tertiary alicyclic amines) is 1. The number of piperidine rings is 1. The van der Waals surface area contributed by atoms with Crippen molar-refractivity contribution < 1.29 is 18.7 Å². The fraction of sp³-hybridized carbons (Fsp3) is 0.467. The summed E-state index contributed by atoms with van der Waals surface area (Å²) >= 11 is 0. The smallest absolute Gasteiger partial charge is 0.417 e. The molecule has 1 saturated heterocycles. The Labute approximate surface area is 118 Å². The quantitative estimate of drug-likeness (QED) is 0.739. The summed E-state index contributed by atoms with van der Waals surface area (Å²) in [6, 6.07) is 3.53. The van der Waals surface area contributed by atoms with Crippen LogP contribution in [-0.4, -0.2) is 29.0 Å². The highest BCUT2D eigenvalue weighted by Gasteiger charge is 2.31. The molecule has 0 N–H and O–H groups in total. The van der Waals surface area contributed by atoms with Crippen molar-refractivity contribution in [1.29, 1.82) is 0 Å². The van der Waals surface area contributed by atoms with E-state index in [0.717, 1.165) is 11.3 Å². The Balaban J connectivity index is 2.13. The Hall–Kier alpha value is -2.04. The molecule has 20 heavy (non-hydrogen) atoms. The molecule has 0 aromatic carbocycles. The standard InChI is InChI=1S/C15H19NO4/c1-15(2,3)20-14(18)16-8-4-6-11(13(16)17)10-12-7-5-9-19-12/h5,7,9-10H,4,6,8H2,1-3H3/b11-10+. The van der Waals surface area contributed by atoms with Crippen molar-refractivity contribution in [1.82, 2.24) is 4.90 Å². The molecular weight excluding hydrogens is 258 g/mol. The first-order valence-electron chi connectivity index (χ1n) is 6.66. The molecule has 1 aromatic rings. The van der Waals surface area contributed by atoms with E-state index in [0.29, 0.717) is 24.3 Å². The summed E-state index contributed by atoms with van der Waals surface area (Å²) in [5.41, 5.74) is -0.0447. The number of hydrogen-bond donors (Lipinski definition) is 0. The summed E-state index contributed by atoms with van der Waals surface area (Å²) in [6.07, 6.45) is 4.01. The number of nitrogens with zero attached hydrogens (tertiary/aromatic N) is 1. The highest BCUT2D eigenvalue weighted by molar-refractivity contribution is 6.05. The molecule has 108 valence electrons. The van der Waals surface area contributed by atoms with Crippen molar-refractivity contribution in [2.24, 2.45) is 0 Å². The maximum absolute atomic E-state index is 12.3. The predicted octanol–water partition coefficient (Wildman–Crippen LogP) is 3.22. The Bertz CT molecular complexity index is 523. The van der Waals surface area contributed by atoms with Crippen LogP contribution in [0.4, 0.5) is 4.79 Å². The van der Waals surface area contributed by atoms with E-state index < -0.39 is 11.7 Å². The number of hydrogen-bond acceptors (Lipinski definition) is 4. The van der Waals surface area contributed by atoms with Gasteiger partial charge >= 0.3 is 6.09 Å². The second-order valence-electron chi connectivity index (χ2n) is 5.73. The molecule has 0 saturated carbocycles. The predicted molar refractivity (Wildman–Crippen MR) is 73.9 cm³/mol. The van der Waals surface area contributed by atoms with Crippen LogP contribution < -0.4 is 0 Å². The molecule has 1 aromatic heterocycles. The monoisotopic (exact) mass is 277 g/mol. The second-order valence-corrected chi connectivity index (χ2v) is 5.73. The molecule has 2 amide bonds. The SMILES string of the molecule is CC(C)(C)OC(=O)N1CCC/C(=C\c2ccco2)C1=O. The summed E-state index contributed by atoms with van der Waals surface area (Å²) in [5.74, 6) is 0.307. The van der Waals surface area contributed by atoms with Gasteiger partial charge in [-0.1, -0.05) is 0 Å². The maximum atomic E-state index is 12.3. The van der Waals surface area contributed by atoms with Crippen LogP contribution in [-0.2, 0) is 9.53 Å². The Morgan fingerprint density at radius 1 is 1.45 bits per heavy atom. The van der Waals surface area contributed by atoms with E-state index in [1.807, 2.05) is 0 Å². The van der Waals surface area contributed by atoms with Crippen molar-refractivity contribution in [2.75, 3.05) is 6.54 Å². The average molecular weight is 277 g/mol. The van der Waals surface area contributed by atoms with Crippen LogP contribution in [0.3, 0.4) is 0 Å². The third-order valence-electron chi connectivity index (χ3n) is 2.82. The summed E-state index contributed by atoms with van der Waals surface area (Å²) in [4.78, 5) is 25.5. The zero-order valence-electron chi connectivity index (χ0n) is 12.0. The number of ether oxygens (including phenoxy) is 1. The fourth-order valence-corrected chi connectivity index (χ4v) is 1.98. The summed E-state index contributed by atoms with van der Waals surface area (Å²) < 4.78 is 10.4. The maximum Gasteiger partial charge on any atom is 0.417 e. The molecule has 2 heterocycles. The van der Waals surface area contributed by atoms with Crippen LogP contribution in [0.5, 0.6) is 0 Å². The Morgan fingerprint density at radius 2 is 2.20 bits per heavy atom. The first kappa shape index (κ1) is 14.4. The lowest BCUT2D eigenvalue weighted by Crippen LogP contribution is -2.44. The molecule has 5 heteroatoms. The van der Waals surface area contributed by atoms with Gasteiger partial charge in [0.15, 0.2) is 0 Å². The van der Waals surface area contributed by atoms with E-state index in [1.54, 1.807) is 45.2 Å². The van der Waals surface area contributed by atoms with E-state index in [1.165, 1.54) is 0 Å². The molecule has 1 aliphatic heterocycles. The lowest BCUT2D eigenvalue weighted by atomic mass is 10.0. The molecule has 0 radical (unpaired) electrons. The van der Waals surface area contributed by atoms with Gasteiger partial charge in [-0.15, -0.1) is 0 Å². The number of rotatable bonds is 1. The molecule has 0 unspecified atom stereocenters. The Morgan fingerprint density at radius 3 is 2.80 bits per heavy atom. The first-order valence-corrected chi connectivity index (χ1v) is 6.66. The lowest BCUT2D eigenvalue weighted by molar-refractivity contribution is -0.127. The number of amides is 2. The number of carbonyl (C=O) groups is 2. The van der Waals surface area contributed by atoms with Crippen molar-refractivity contribution in [3.05, 3.63) is 29.7 Å². The molecule has 1 fully saturated rings. The number of imide groups is 1. The highest BCUT2D eigenvalue weighted by atomic mass is 16.6. The van der Waals surface area contributed by atoms with Crippen molar-refractivity contribution in [3.63, 3.8) is 0 Å². The molecule has 5 nitrogen and oxygen atoms in total. The van der Waals surface area contributed by atoms with Crippen LogP contribution in [0.2, 0.25) is 0 Å². The molecule has 0 bridgehead atoms. The minimum absolute atomic E-state index is 0.304. The van der Waals surface area contributed by atoms with E-state index in [9.17, 15) is 9.59 Å². The van der Waals surface area contributed by atoms with Gasteiger partial charge in [-0.2, -0.15) is 0 Å². The fourth-order valence-electron chi connectivity index (χ4n) is 1.98. The zero-order valence-corrected chi connectivity index (χ0v) is 12.0. The Kier molecular flexibility index (Phi) is 3.97. The van der Waals surface area contributed by atoms with Crippen molar-refractivity contribution >= 4 is 18.1 Å². The van der Waals surface area contributed by atoms with Crippen LogP contribution in [0.1, 0.15) is 39.4 Å². The van der Waals surface area contributed by atoms with Crippen LogP contribution in [0, 0.1) is 0 Å². The largest absolute Gasteiger partial charge is 0.465 e. The minimum atomic E-state index is -0.611. The van der Waals surface area contributed by atoms with E-state index in [-0.39, 0.29) is 5.91 Å². The van der Waals surface area contributed by atoms with Crippen LogP contribution in [0.15, 0.2) is 28.4 Å². The van der Waals surface area contributed by atoms with Crippen LogP contribution >= 0.6 is 0 Å². The van der Waals surface area contributed by atoms with Gasteiger partial charge in [0.25, 0.3) is 5.91 Å². The molecule has 2 rings (SSSR count). The summed E-state index contributed by atoms with van der Waals surface area (Å²) in [7, 11) is 0. The van der Waals surface area contributed by atoms with E-state index in [4.69, 9.17) is 9.15 Å². The normalized spacial score (nSPS) is 18.4. The van der Waals surface area contributed by atoms with Crippen LogP contribution in [0.25, 0.3) is 6.08 Å². The third-order valence-corrected chi connectivity index (χ3v) is 2.82. The molecule has 1 aliphatic rings. The number of furan rings is 1. The van der Waals surface area contributed by atoms with Gasteiger partial charge in [-0.3, -0.25) is 4.79 Å². The molecule has 0 atom stereocenters. The lowest BCUT2D eigenvalue weighted by Gasteiger charge is -2.29. The summed E-state index contributed by atoms with van der Waals surface area (Å²) in [6.45, 7) is 5.72. The summed E-state index contributed by atoms with van der Waals surface area (Å²) in [5, 5.41) is 0. The van der Waals surface area contributed by atoms with E-state index in [2.05, 4.69) is 0 Å². The van der Waals surface area contributed by atoms with Gasteiger partial charge in [0.1, 0.15) is 11.4 Å². The van der Waals surface area contributed by atoms with Gasteiger partial charge in [0.2, 0.25) is 0 Å². The van der Waals surface area contributed by atoms with E-state index >= 15 is 0 Å². The average Bonchev–Trinajstić information content (AvgIpc) is 2.82. The van der Waals surface area contributed by atoms with Crippen molar-refractivity contribution in [3.8, 4) is 0 Å².